The summed E-state index contributed by atoms with van der Waals surface area (Å²) in [4.78, 5) is 0.00227. The van der Waals surface area contributed by atoms with Crippen molar-refractivity contribution in [2.45, 2.75) is 17.9 Å². The van der Waals surface area contributed by atoms with Gasteiger partial charge in [0.2, 0.25) is 11.6 Å². The van der Waals surface area contributed by atoms with Crippen LogP contribution in [0.25, 0.3) is 0 Å². The van der Waals surface area contributed by atoms with E-state index in [9.17, 15) is 17.2 Å². The normalized spacial score (nSPS) is 16.9. The van der Waals surface area contributed by atoms with Crippen molar-refractivity contribution in [1.82, 2.24) is 0 Å². The predicted molar refractivity (Wildman–Crippen MR) is 80.6 cm³/mol. The number of benzene rings is 2. The van der Waals surface area contributed by atoms with Gasteiger partial charge in [-0.1, -0.05) is 17.7 Å². The van der Waals surface area contributed by atoms with Gasteiger partial charge in [0.15, 0.2) is 17.7 Å². The number of hydrogen-bond donors (Lipinski definition) is 0. The van der Waals surface area contributed by atoms with Crippen molar-refractivity contribution in [2.75, 3.05) is 13.2 Å². The minimum atomic E-state index is -3.98. The van der Waals surface area contributed by atoms with Crippen LogP contribution >= 0.6 is 0 Å². The summed E-state index contributed by atoms with van der Waals surface area (Å²) in [6.45, 7) is 1.41. The van der Waals surface area contributed by atoms with Crippen LogP contribution in [0.5, 0.6) is 11.5 Å². The van der Waals surface area contributed by atoms with Gasteiger partial charge in [0.1, 0.15) is 13.2 Å². The molecule has 0 amide bonds. The molecule has 1 unspecified atom stereocenters. The number of fused-ring (bicyclic) bond motifs is 1. The molecule has 8 heteroatoms. The van der Waals surface area contributed by atoms with E-state index >= 15 is 0 Å². The minimum absolute atomic E-state index is 0.00227. The summed E-state index contributed by atoms with van der Waals surface area (Å²) in [5.41, 5.74) is 0.909. The molecule has 1 aliphatic rings. The Kier molecular flexibility index (Phi) is 4.42. The molecule has 0 bridgehead atoms. The van der Waals surface area contributed by atoms with E-state index in [2.05, 4.69) is 0 Å². The molecule has 0 aromatic heterocycles. The number of rotatable bonds is 4. The summed E-state index contributed by atoms with van der Waals surface area (Å²) in [7, 11) is -3.98. The standard InChI is InChI=1S/C16H14F2O5S/c1-10-2-4-12(5-3-10)24(19,20)22-9-11-8-21-14-7-6-13(17)15(18)16(14)23-11/h2-7,11H,8-9H2,1H3. The number of hydrogen-bond acceptors (Lipinski definition) is 5. The van der Waals surface area contributed by atoms with Gasteiger partial charge in [0.25, 0.3) is 10.1 Å². The van der Waals surface area contributed by atoms with Gasteiger partial charge in [-0.05, 0) is 31.2 Å². The Labute approximate surface area is 137 Å². The molecule has 0 N–H and O–H groups in total. The molecule has 0 saturated carbocycles. The zero-order valence-corrected chi connectivity index (χ0v) is 13.5. The van der Waals surface area contributed by atoms with Crippen LogP contribution in [-0.4, -0.2) is 27.7 Å². The van der Waals surface area contributed by atoms with E-state index in [1.807, 2.05) is 6.92 Å². The fourth-order valence-electron chi connectivity index (χ4n) is 2.14. The summed E-state index contributed by atoms with van der Waals surface area (Å²) < 4.78 is 66.6. The van der Waals surface area contributed by atoms with Crippen LogP contribution in [0.1, 0.15) is 5.56 Å². The van der Waals surface area contributed by atoms with Crippen molar-refractivity contribution in [3.8, 4) is 11.5 Å². The van der Waals surface area contributed by atoms with E-state index in [1.54, 1.807) is 12.1 Å². The lowest BCUT2D eigenvalue weighted by atomic mass is 10.2. The summed E-state index contributed by atoms with van der Waals surface area (Å²) in [6, 6.07) is 8.31. The molecule has 3 rings (SSSR count). The fraction of sp³-hybridized carbons (Fsp3) is 0.250. The molecule has 24 heavy (non-hydrogen) atoms. The van der Waals surface area contributed by atoms with Crippen molar-refractivity contribution in [3.63, 3.8) is 0 Å². The van der Waals surface area contributed by atoms with E-state index in [-0.39, 0.29) is 29.6 Å². The Morgan fingerprint density at radius 2 is 1.88 bits per heavy atom. The Morgan fingerprint density at radius 3 is 2.58 bits per heavy atom. The van der Waals surface area contributed by atoms with Gasteiger partial charge in [-0.3, -0.25) is 4.18 Å². The summed E-state index contributed by atoms with van der Waals surface area (Å²) >= 11 is 0. The minimum Gasteiger partial charge on any atom is -0.486 e. The van der Waals surface area contributed by atoms with Crippen LogP contribution in [0.4, 0.5) is 8.78 Å². The molecule has 0 fully saturated rings. The molecule has 0 spiro atoms. The maximum atomic E-state index is 13.7. The van der Waals surface area contributed by atoms with Crippen molar-refractivity contribution in [3.05, 3.63) is 53.6 Å². The first kappa shape index (κ1) is 16.7. The van der Waals surface area contributed by atoms with E-state index in [0.29, 0.717) is 0 Å². The lowest BCUT2D eigenvalue weighted by molar-refractivity contribution is 0.0505. The zero-order valence-electron chi connectivity index (χ0n) is 12.7. The molecule has 1 aliphatic heterocycles. The second-order valence-electron chi connectivity index (χ2n) is 5.29. The molecule has 0 aliphatic carbocycles. The first-order valence-electron chi connectivity index (χ1n) is 7.10. The Balaban J connectivity index is 1.69. The highest BCUT2D eigenvalue weighted by molar-refractivity contribution is 7.86. The SMILES string of the molecule is Cc1ccc(S(=O)(=O)OCC2COc3ccc(F)c(F)c3O2)cc1. The molecular formula is C16H14F2O5S. The first-order valence-corrected chi connectivity index (χ1v) is 8.51. The van der Waals surface area contributed by atoms with Crippen LogP contribution in [0.2, 0.25) is 0 Å². The van der Waals surface area contributed by atoms with Gasteiger partial charge in [0.05, 0.1) is 4.90 Å². The molecule has 0 radical (unpaired) electrons. The van der Waals surface area contributed by atoms with Gasteiger partial charge >= 0.3 is 0 Å². The molecule has 1 heterocycles. The largest absolute Gasteiger partial charge is 0.486 e. The van der Waals surface area contributed by atoms with Gasteiger partial charge in [-0.2, -0.15) is 12.8 Å². The first-order chi connectivity index (χ1) is 11.4. The molecule has 5 nitrogen and oxygen atoms in total. The zero-order chi connectivity index (χ0) is 17.3. The van der Waals surface area contributed by atoms with Crippen molar-refractivity contribution in [2.24, 2.45) is 0 Å². The lowest BCUT2D eigenvalue weighted by Gasteiger charge is -2.26. The third kappa shape index (κ3) is 3.34. The number of ether oxygens (including phenoxy) is 2. The van der Waals surface area contributed by atoms with Crippen molar-refractivity contribution >= 4 is 10.1 Å². The maximum absolute atomic E-state index is 13.7. The fourth-order valence-corrected chi connectivity index (χ4v) is 3.08. The Bertz CT molecular complexity index is 850. The monoisotopic (exact) mass is 356 g/mol. The third-order valence-electron chi connectivity index (χ3n) is 3.44. The van der Waals surface area contributed by atoms with E-state index in [4.69, 9.17) is 13.7 Å². The van der Waals surface area contributed by atoms with Gasteiger partial charge in [-0.15, -0.1) is 0 Å². The van der Waals surface area contributed by atoms with Crippen LogP contribution in [0.15, 0.2) is 41.3 Å². The molecule has 2 aromatic carbocycles. The van der Waals surface area contributed by atoms with Gasteiger partial charge < -0.3 is 9.47 Å². The average molecular weight is 356 g/mol. The molecule has 0 saturated heterocycles. The van der Waals surface area contributed by atoms with Crippen LogP contribution in [0, 0.1) is 18.6 Å². The highest BCUT2D eigenvalue weighted by atomic mass is 32.2. The Morgan fingerprint density at radius 1 is 1.17 bits per heavy atom. The topological polar surface area (TPSA) is 61.8 Å². The van der Waals surface area contributed by atoms with E-state index in [1.165, 1.54) is 18.2 Å². The van der Waals surface area contributed by atoms with Gasteiger partial charge in [0, 0.05) is 0 Å². The molecule has 1 atom stereocenters. The van der Waals surface area contributed by atoms with Gasteiger partial charge in [-0.25, -0.2) is 4.39 Å². The van der Waals surface area contributed by atoms with Crippen LogP contribution in [0.3, 0.4) is 0 Å². The third-order valence-corrected chi connectivity index (χ3v) is 4.74. The van der Waals surface area contributed by atoms with Crippen molar-refractivity contribution < 1.29 is 30.9 Å². The van der Waals surface area contributed by atoms with E-state index in [0.717, 1.165) is 11.6 Å². The Hall–Kier alpha value is -2.19. The second kappa shape index (κ2) is 6.37. The summed E-state index contributed by atoms with van der Waals surface area (Å²) in [5, 5.41) is 0. The highest BCUT2D eigenvalue weighted by Gasteiger charge is 2.28. The second-order valence-corrected chi connectivity index (χ2v) is 6.91. The number of aryl methyl sites for hydroxylation is 1. The quantitative estimate of drug-likeness (QED) is 0.789. The average Bonchev–Trinajstić information content (AvgIpc) is 2.57. The van der Waals surface area contributed by atoms with Crippen LogP contribution in [-0.2, 0) is 14.3 Å². The molecule has 128 valence electrons. The summed E-state index contributed by atoms with van der Waals surface area (Å²) in [6.07, 6.45) is -0.881. The molecule has 2 aromatic rings. The smallest absolute Gasteiger partial charge is 0.297 e. The summed E-state index contributed by atoms with van der Waals surface area (Å²) in [5.74, 6) is -2.58. The number of halogens is 2. The highest BCUT2D eigenvalue weighted by Crippen LogP contribution is 2.35. The molecular weight excluding hydrogens is 342 g/mol. The lowest BCUT2D eigenvalue weighted by Crippen LogP contribution is -2.34. The predicted octanol–water partition coefficient (Wildman–Crippen LogP) is 2.82. The van der Waals surface area contributed by atoms with Crippen molar-refractivity contribution in [1.29, 1.82) is 0 Å². The maximum Gasteiger partial charge on any atom is 0.297 e. The van der Waals surface area contributed by atoms with Crippen LogP contribution < -0.4 is 9.47 Å². The van der Waals surface area contributed by atoms with E-state index < -0.39 is 27.9 Å².